The Morgan fingerprint density at radius 2 is 1.57 bits per heavy atom. The molecule has 28 heavy (non-hydrogen) atoms. The maximum Gasteiger partial charge on any atom is 0.280 e. The van der Waals surface area contributed by atoms with Crippen LogP contribution in [0.3, 0.4) is 0 Å². The van der Waals surface area contributed by atoms with Crippen LogP contribution >= 0.6 is 0 Å². The number of quaternary nitrogens is 1. The van der Waals surface area contributed by atoms with Crippen LogP contribution in [0.25, 0.3) is 0 Å². The number of amides is 1. The summed E-state index contributed by atoms with van der Waals surface area (Å²) in [6.45, 7) is 9.91. The third-order valence-electron chi connectivity index (χ3n) is 6.38. The normalized spacial score (nSPS) is 21.3. The highest BCUT2D eigenvalue weighted by Crippen LogP contribution is 2.19. The number of piperazine rings is 1. The highest BCUT2D eigenvalue weighted by Gasteiger charge is 2.36. The van der Waals surface area contributed by atoms with Gasteiger partial charge < -0.3 is 9.80 Å². The van der Waals surface area contributed by atoms with Crippen LogP contribution in [0.1, 0.15) is 43.7 Å². The minimum Gasteiger partial charge on any atom is -0.338 e. The van der Waals surface area contributed by atoms with Crippen molar-refractivity contribution in [3.05, 3.63) is 29.3 Å². The summed E-state index contributed by atoms with van der Waals surface area (Å²) in [5.74, 6) is 0.224. The fourth-order valence-electron chi connectivity index (χ4n) is 4.21. The van der Waals surface area contributed by atoms with Gasteiger partial charge in [-0.25, -0.2) is 8.42 Å². The van der Waals surface area contributed by atoms with Gasteiger partial charge in [-0.05, 0) is 56.9 Å². The van der Waals surface area contributed by atoms with E-state index in [1.54, 1.807) is 16.4 Å². The van der Waals surface area contributed by atoms with E-state index in [1.165, 1.54) is 17.7 Å². The molecule has 0 bridgehead atoms. The van der Waals surface area contributed by atoms with E-state index in [0.29, 0.717) is 31.1 Å². The largest absolute Gasteiger partial charge is 0.338 e. The summed E-state index contributed by atoms with van der Waals surface area (Å²) in [5.41, 5.74) is 2.08. The Balaban J connectivity index is 1.61. The van der Waals surface area contributed by atoms with Crippen LogP contribution in [-0.4, -0.2) is 68.8 Å². The van der Waals surface area contributed by atoms with Crippen LogP contribution in [0.2, 0.25) is 0 Å². The molecule has 1 aromatic rings. The number of aryl methyl sites for hydroxylation is 2. The van der Waals surface area contributed by atoms with Gasteiger partial charge in [0.2, 0.25) is 10.0 Å². The molecule has 1 aromatic carbocycles. The van der Waals surface area contributed by atoms with Gasteiger partial charge in [-0.3, -0.25) is 4.79 Å². The number of benzene rings is 1. The molecule has 1 amide bonds. The molecule has 1 N–H and O–H groups in total. The monoisotopic (exact) mass is 408 g/mol. The minimum absolute atomic E-state index is 0.107. The van der Waals surface area contributed by atoms with E-state index in [1.807, 2.05) is 31.7 Å². The Labute approximate surface area is 169 Å². The summed E-state index contributed by atoms with van der Waals surface area (Å²) in [6, 6.07) is 5.22. The van der Waals surface area contributed by atoms with Crippen molar-refractivity contribution in [2.24, 2.45) is 0 Å². The van der Waals surface area contributed by atoms with Crippen LogP contribution < -0.4 is 4.90 Å². The molecular formula is C21H34N3O3S+. The molecule has 2 aliphatic rings. The van der Waals surface area contributed by atoms with Crippen LogP contribution in [-0.2, 0) is 14.8 Å². The quantitative estimate of drug-likeness (QED) is 0.808. The van der Waals surface area contributed by atoms with Crippen LogP contribution in [0, 0.1) is 13.8 Å². The average Bonchev–Trinajstić information content (AvgIpc) is 2.98. The lowest BCUT2D eigenvalue weighted by atomic mass is 10.1. The second-order valence-corrected chi connectivity index (χ2v) is 10.2. The first-order valence-corrected chi connectivity index (χ1v) is 12.0. The Bertz CT molecular complexity index is 793. The lowest BCUT2D eigenvalue weighted by Gasteiger charge is -2.35. The van der Waals surface area contributed by atoms with E-state index >= 15 is 0 Å². The number of hydrogen-bond donors (Lipinski definition) is 1. The van der Waals surface area contributed by atoms with Gasteiger partial charge >= 0.3 is 0 Å². The molecule has 6 nitrogen and oxygen atoms in total. The van der Waals surface area contributed by atoms with E-state index in [4.69, 9.17) is 0 Å². The molecule has 0 aromatic heterocycles. The lowest BCUT2D eigenvalue weighted by Crippen LogP contribution is -3.19. The predicted octanol–water partition coefficient (Wildman–Crippen LogP) is 0.984. The molecular weight excluding hydrogens is 374 g/mol. The second kappa shape index (κ2) is 8.93. The summed E-state index contributed by atoms with van der Waals surface area (Å²) in [6.07, 6.45) is 4.60. The lowest BCUT2D eigenvalue weighted by molar-refractivity contribution is -0.918. The predicted molar refractivity (Wildman–Crippen MR) is 110 cm³/mol. The topological polar surface area (TPSA) is 62.1 Å². The van der Waals surface area contributed by atoms with Gasteiger partial charge in [0.25, 0.3) is 5.91 Å². The zero-order valence-corrected chi connectivity index (χ0v) is 18.2. The smallest absolute Gasteiger partial charge is 0.280 e. The van der Waals surface area contributed by atoms with E-state index in [0.717, 1.165) is 37.1 Å². The molecule has 0 radical (unpaired) electrons. The van der Waals surface area contributed by atoms with E-state index in [9.17, 15) is 13.2 Å². The first kappa shape index (κ1) is 21.3. The van der Waals surface area contributed by atoms with Crippen molar-refractivity contribution in [1.29, 1.82) is 0 Å². The highest BCUT2D eigenvalue weighted by molar-refractivity contribution is 7.89. The van der Waals surface area contributed by atoms with Crippen molar-refractivity contribution in [2.45, 2.75) is 57.4 Å². The zero-order chi connectivity index (χ0) is 20.3. The summed E-state index contributed by atoms with van der Waals surface area (Å²) in [4.78, 5) is 16.5. The Kier molecular flexibility index (Phi) is 6.78. The van der Waals surface area contributed by atoms with Gasteiger partial charge in [-0.1, -0.05) is 18.9 Å². The average molecular weight is 409 g/mol. The molecule has 3 rings (SSSR count). The summed E-state index contributed by atoms with van der Waals surface area (Å²) in [7, 11) is -3.47. The molecule has 156 valence electrons. The maximum absolute atomic E-state index is 13.0. The third kappa shape index (κ3) is 4.58. The molecule has 1 atom stereocenters. The molecule has 2 fully saturated rings. The number of hydrogen-bond acceptors (Lipinski definition) is 3. The number of likely N-dealkylation sites (tertiary alicyclic amines) is 1. The second-order valence-electron chi connectivity index (χ2n) is 8.27. The van der Waals surface area contributed by atoms with Gasteiger partial charge in [0, 0.05) is 13.1 Å². The first-order valence-electron chi connectivity index (χ1n) is 10.5. The molecule has 0 saturated carbocycles. The zero-order valence-electron chi connectivity index (χ0n) is 17.4. The van der Waals surface area contributed by atoms with Crippen molar-refractivity contribution in [1.82, 2.24) is 9.21 Å². The number of nitrogens with zero attached hydrogens (tertiary/aromatic N) is 2. The molecule has 2 aliphatic heterocycles. The molecule has 2 saturated heterocycles. The Morgan fingerprint density at radius 3 is 2.14 bits per heavy atom. The van der Waals surface area contributed by atoms with Crippen LogP contribution in [0.4, 0.5) is 0 Å². The van der Waals surface area contributed by atoms with Gasteiger partial charge in [0.15, 0.2) is 6.04 Å². The summed E-state index contributed by atoms with van der Waals surface area (Å²) < 4.78 is 27.5. The number of rotatable bonds is 4. The van der Waals surface area contributed by atoms with Crippen LogP contribution in [0.5, 0.6) is 0 Å². The number of carbonyl (C=O) groups is 1. The van der Waals surface area contributed by atoms with Gasteiger partial charge in [0.05, 0.1) is 31.1 Å². The Morgan fingerprint density at radius 1 is 0.964 bits per heavy atom. The highest BCUT2D eigenvalue weighted by atomic mass is 32.2. The molecule has 2 heterocycles. The SMILES string of the molecule is Cc1ccc(S(=O)(=O)N2CC[NH+]([C@@H](C)C(=O)N3CCCCCC3)CC2)cc1C. The standard InChI is InChI=1S/C21H33N3O3S/c1-17-8-9-20(16-18(17)2)28(26,27)24-14-12-22(13-15-24)19(3)21(25)23-10-6-4-5-7-11-23/h8-9,16,19H,4-7,10-15H2,1-3H3/p+1/t19-/m0/s1. The van der Waals surface area contributed by atoms with Crippen LogP contribution in [0.15, 0.2) is 23.1 Å². The summed E-state index contributed by atoms with van der Waals surface area (Å²) >= 11 is 0. The molecule has 0 aliphatic carbocycles. The number of nitrogens with one attached hydrogen (secondary N) is 1. The van der Waals surface area contributed by atoms with Gasteiger partial charge in [-0.15, -0.1) is 0 Å². The number of sulfonamides is 1. The number of carbonyl (C=O) groups excluding carboxylic acids is 1. The van der Waals surface area contributed by atoms with Crippen molar-refractivity contribution in [3.8, 4) is 0 Å². The fourth-order valence-corrected chi connectivity index (χ4v) is 5.74. The van der Waals surface area contributed by atoms with E-state index in [-0.39, 0.29) is 11.9 Å². The first-order chi connectivity index (χ1) is 13.3. The van der Waals surface area contributed by atoms with Crippen molar-refractivity contribution >= 4 is 15.9 Å². The third-order valence-corrected chi connectivity index (χ3v) is 8.28. The summed E-state index contributed by atoms with van der Waals surface area (Å²) in [5, 5.41) is 0. The molecule has 7 heteroatoms. The van der Waals surface area contributed by atoms with E-state index < -0.39 is 10.0 Å². The molecule has 0 unspecified atom stereocenters. The minimum atomic E-state index is -3.47. The molecule has 0 spiro atoms. The van der Waals surface area contributed by atoms with Gasteiger partial charge in [0.1, 0.15) is 0 Å². The van der Waals surface area contributed by atoms with Crippen molar-refractivity contribution in [2.75, 3.05) is 39.3 Å². The van der Waals surface area contributed by atoms with Crippen molar-refractivity contribution in [3.63, 3.8) is 0 Å². The Hall–Kier alpha value is -1.44. The van der Waals surface area contributed by atoms with Crippen molar-refractivity contribution < 1.29 is 18.1 Å². The van der Waals surface area contributed by atoms with E-state index in [2.05, 4.69) is 0 Å². The van der Waals surface area contributed by atoms with Gasteiger partial charge in [-0.2, -0.15) is 4.31 Å². The fraction of sp³-hybridized carbons (Fsp3) is 0.667. The maximum atomic E-state index is 13.0.